The fourth-order valence-corrected chi connectivity index (χ4v) is 3.72. The number of hydrogen-bond donors (Lipinski definition) is 2. The number of carbonyl (C=O) groups is 2. The maximum absolute atomic E-state index is 13.1. The van der Waals surface area contributed by atoms with Crippen LogP contribution in [0.3, 0.4) is 0 Å². The molecule has 6 heteroatoms. The van der Waals surface area contributed by atoms with Crippen LogP contribution in [-0.4, -0.2) is 42.7 Å². The molecule has 31 heavy (non-hydrogen) atoms. The standard InChI is InChI=1S/C25H30N4O2/c1-4-12-29(13-5-2)25(31)21-14-20-11-10-19(15-22(20)28-23(26)16-21)17-6-8-18(9-7-17)24(30)27-3/h6-11,14-15H,4-5,12-13,16H2,1-3H3,(H2,26,28)(H,27,30). The minimum absolute atomic E-state index is 0.0311. The Balaban J connectivity index is 1.93. The molecule has 3 N–H and O–H groups in total. The summed E-state index contributed by atoms with van der Waals surface area (Å²) in [6.45, 7) is 5.62. The molecule has 1 heterocycles. The van der Waals surface area contributed by atoms with Crippen molar-refractivity contribution in [1.29, 1.82) is 0 Å². The number of amidine groups is 1. The van der Waals surface area contributed by atoms with E-state index in [1.54, 1.807) is 19.2 Å². The Morgan fingerprint density at radius 3 is 2.29 bits per heavy atom. The van der Waals surface area contributed by atoms with Crippen LogP contribution in [0.1, 0.15) is 49.0 Å². The quantitative estimate of drug-likeness (QED) is 0.708. The third-order valence-corrected chi connectivity index (χ3v) is 5.25. The average Bonchev–Trinajstić information content (AvgIpc) is 2.95. The molecule has 0 unspecified atom stereocenters. The number of nitrogens with two attached hydrogens (primary N) is 1. The molecule has 0 radical (unpaired) electrons. The van der Waals surface area contributed by atoms with E-state index < -0.39 is 0 Å². The van der Waals surface area contributed by atoms with Crippen molar-refractivity contribution in [2.75, 3.05) is 20.1 Å². The summed E-state index contributed by atoms with van der Waals surface area (Å²) in [6.07, 6.45) is 4.09. The van der Waals surface area contributed by atoms with Crippen molar-refractivity contribution >= 4 is 29.4 Å². The van der Waals surface area contributed by atoms with Crippen LogP contribution in [0.5, 0.6) is 0 Å². The van der Waals surface area contributed by atoms with Crippen LogP contribution < -0.4 is 11.1 Å². The van der Waals surface area contributed by atoms with Gasteiger partial charge in [0.25, 0.3) is 5.91 Å². The van der Waals surface area contributed by atoms with E-state index in [1.807, 2.05) is 41.3 Å². The van der Waals surface area contributed by atoms with Gasteiger partial charge in [0.15, 0.2) is 0 Å². The van der Waals surface area contributed by atoms with Gasteiger partial charge in [-0.2, -0.15) is 0 Å². The van der Waals surface area contributed by atoms with Crippen molar-refractivity contribution in [2.24, 2.45) is 10.7 Å². The fourth-order valence-electron chi connectivity index (χ4n) is 3.72. The molecule has 0 bridgehead atoms. The van der Waals surface area contributed by atoms with E-state index in [-0.39, 0.29) is 11.8 Å². The van der Waals surface area contributed by atoms with Gasteiger partial charge >= 0.3 is 0 Å². The predicted molar refractivity (Wildman–Crippen MR) is 126 cm³/mol. The summed E-state index contributed by atoms with van der Waals surface area (Å²) in [4.78, 5) is 31.3. The number of rotatable bonds is 7. The Hall–Kier alpha value is -3.41. The first-order valence-electron chi connectivity index (χ1n) is 10.8. The van der Waals surface area contributed by atoms with Crippen LogP contribution in [0, 0.1) is 0 Å². The Bertz CT molecular complexity index is 1020. The summed E-state index contributed by atoms with van der Waals surface area (Å²) >= 11 is 0. The molecule has 0 aromatic heterocycles. The first kappa shape index (κ1) is 22.3. The Kier molecular flexibility index (Phi) is 7.23. The topological polar surface area (TPSA) is 87.8 Å². The molecular weight excluding hydrogens is 388 g/mol. The highest BCUT2D eigenvalue weighted by Gasteiger charge is 2.21. The summed E-state index contributed by atoms with van der Waals surface area (Å²) in [5, 5.41) is 2.62. The second-order valence-electron chi connectivity index (χ2n) is 7.67. The number of benzene rings is 2. The molecule has 0 saturated carbocycles. The molecule has 0 fully saturated rings. The van der Waals surface area contributed by atoms with Crippen LogP contribution in [0.15, 0.2) is 53.0 Å². The first-order chi connectivity index (χ1) is 15.0. The number of carbonyl (C=O) groups excluding carboxylic acids is 2. The average molecular weight is 419 g/mol. The Labute approximate surface area is 183 Å². The van der Waals surface area contributed by atoms with E-state index >= 15 is 0 Å². The molecule has 2 aromatic carbocycles. The van der Waals surface area contributed by atoms with Gasteiger partial charge in [-0.1, -0.05) is 38.1 Å². The fraction of sp³-hybridized carbons (Fsp3) is 0.320. The van der Waals surface area contributed by atoms with Crippen LogP contribution >= 0.6 is 0 Å². The smallest absolute Gasteiger partial charge is 0.251 e. The van der Waals surface area contributed by atoms with Gasteiger partial charge in [-0.25, -0.2) is 4.99 Å². The lowest BCUT2D eigenvalue weighted by molar-refractivity contribution is -0.127. The van der Waals surface area contributed by atoms with Crippen LogP contribution in [-0.2, 0) is 4.79 Å². The number of amides is 2. The minimum atomic E-state index is -0.117. The summed E-state index contributed by atoms with van der Waals surface area (Å²) in [5.74, 6) is 0.343. The van der Waals surface area contributed by atoms with Crippen molar-refractivity contribution in [1.82, 2.24) is 10.2 Å². The van der Waals surface area contributed by atoms with E-state index in [0.717, 1.165) is 48.3 Å². The molecule has 0 saturated heterocycles. The molecule has 2 aromatic rings. The van der Waals surface area contributed by atoms with Gasteiger partial charge in [-0.3, -0.25) is 9.59 Å². The van der Waals surface area contributed by atoms with Crippen molar-refractivity contribution in [3.8, 4) is 11.1 Å². The number of hydrogen-bond acceptors (Lipinski definition) is 4. The third kappa shape index (κ3) is 5.20. The molecule has 0 aliphatic carbocycles. The zero-order valence-electron chi connectivity index (χ0n) is 18.4. The molecule has 1 aliphatic rings. The molecule has 6 nitrogen and oxygen atoms in total. The largest absolute Gasteiger partial charge is 0.387 e. The van der Waals surface area contributed by atoms with E-state index in [4.69, 9.17) is 5.73 Å². The second-order valence-corrected chi connectivity index (χ2v) is 7.67. The Morgan fingerprint density at radius 1 is 1.03 bits per heavy atom. The van der Waals surface area contributed by atoms with Crippen LogP contribution in [0.25, 0.3) is 17.2 Å². The molecule has 2 amide bonds. The maximum atomic E-state index is 13.1. The zero-order valence-corrected chi connectivity index (χ0v) is 18.4. The van der Waals surface area contributed by atoms with Crippen molar-refractivity contribution < 1.29 is 9.59 Å². The van der Waals surface area contributed by atoms with Crippen molar-refractivity contribution in [3.63, 3.8) is 0 Å². The van der Waals surface area contributed by atoms with E-state index in [9.17, 15) is 9.59 Å². The van der Waals surface area contributed by atoms with Crippen LogP contribution in [0.2, 0.25) is 0 Å². The lowest BCUT2D eigenvalue weighted by atomic mass is 10.00. The van der Waals surface area contributed by atoms with Crippen LogP contribution in [0.4, 0.5) is 5.69 Å². The molecule has 0 spiro atoms. The maximum Gasteiger partial charge on any atom is 0.251 e. The number of nitrogens with one attached hydrogen (secondary N) is 1. The third-order valence-electron chi connectivity index (χ3n) is 5.25. The van der Waals surface area contributed by atoms with E-state index in [2.05, 4.69) is 24.2 Å². The highest BCUT2D eigenvalue weighted by atomic mass is 16.2. The molecular formula is C25H30N4O2. The number of aliphatic imine (C=N–C) groups is 1. The molecule has 0 atom stereocenters. The number of fused-ring (bicyclic) bond motifs is 1. The van der Waals surface area contributed by atoms with E-state index in [0.29, 0.717) is 23.4 Å². The molecule has 162 valence electrons. The second kappa shape index (κ2) is 10.1. The number of nitrogens with zero attached hydrogens (tertiary/aromatic N) is 2. The lowest BCUT2D eigenvalue weighted by Crippen LogP contribution is -2.34. The molecule has 3 rings (SSSR count). The van der Waals surface area contributed by atoms with Gasteiger partial charge in [0.05, 0.1) is 5.69 Å². The summed E-state index contributed by atoms with van der Waals surface area (Å²) in [6, 6.07) is 13.4. The first-order valence-corrected chi connectivity index (χ1v) is 10.8. The zero-order chi connectivity index (χ0) is 22.4. The Morgan fingerprint density at radius 2 is 1.68 bits per heavy atom. The molecule has 1 aliphatic heterocycles. The van der Waals surface area contributed by atoms with Crippen molar-refractivity contribution in [3.05, 3.63) is 59.2 Å². The monoisotopic (exact) mass is 418 g/mol. The summed E-state index contributed by atoms with van der Waals surface area (Å²) in [5.41, 5.74) is 11.0. The summed E-state index contributed by atoms with van der Waals surface area (Å²) < 4.78 is 0. The minimum Gasteiger partial charge on any atom is -0.387 e. The van der Waals surface area contributed by atoms with E-state index in [1.165, 1.54) is 0 Å². The predicted octanol–water partition coefficient (Wildman–Crippen LogP) is 4.14. The lowest BCUT2D eigenvalue weighted by Gasteiger charge is -2.22. The van der Waals surface area contributed by atoms with Gasteiger partial charge in [0.1, 0.15) is 5.84 Å². The SMILES string of the molecule is CCCN(CCC)C(=O)C1=Cc2ccc(-c3ccc(C(=O)NC)cc3)cc2N=C(N)C1. The highest BCUT2D eigenvalue weighted by Crippen LogP contribution is 2.32. The van der Waals surface area contributed by atoms with Gasteiger partial charge < -0.3 is 16.0 Å². The van der Waals surface area contributed by atoms with Gasteiger partial charge in [0.2, 0.25) is 5.91 Å². The van der Waals surface area contributed by atoms with Crippen molar-refractivity contribution in [2.45, 2.75) is 33.1 Å². The highest BCUT2D eigenvalue weighted by molar-refractivity contribution is 6.05. The summed E-state index contributed by atoms with van der Waals surface area (Å²) in [7, 11) is 1.61. The van der Waals surface area contributed by atoms with Gasteiger partial charge in [-0.15, -0.1) is 0 Å². The van der Waals surface area contributed by atoms with Gasteiger partial charge in [0, 0.05) is 43.3 Å². The van der Waals surface area contributed by atoms with Gasteiger partial charge in [-0.05, 0) is 48.2 Å². The normalized spacial score (nSPS) is 12.9.